The Labute approximate surface area is 110 Å². The molecule has 0 radical (unpaired) electrons. The van der Waals surface area contributed by atoms with Gasteiger partial charge in [-0.1, -0.05) is 24.3 Å². The van der Waals surface area contributed by atoms with Crippen LogP contribution in [0.2, 0.25) is 0 Å². The third-order valence-corrected chi connectivity index (χ3v) is 3.05. The zero-order valence-corrected chi connectivity index (χ0v) is 10.3. The molecule has 3 heteroatoms. The molecule has 0 spiro atoms. The lowest BCUT2D eigenvalue weighted by atomic mass is 10.1. The van der Waals surface area contributed by atoms with Crippen molar-refractivity contribution in [1.29, 1.82) is 0 Å². The van der Waals surface area contributed by atoms with E-state index >= 15 is 0 Å². The first-order valence-electron chi connectivity index (χ1n) is 6.15. The topological polar surface area (TPSA) is 24.9 Å². The summed E-state index contributed by atoms with van der Waals surface area (Å²) in [5.41, 5.74) is 2.90. The first kappa shape index (κ1) is 11.7. The molecule has 0 saturated heterocycles. The molecule has 19 heavy (non-hydrogen) atoms. The number of para-hydroxylation sites is 1. The molecule has 0 amide bonds. The van der Waals surface area contributed by atoms with Gasteiger partial charge in [-0.15, -0.1) is 0 Å². The van der Waals surface area contributed by atoms with E-state index in [1.807, 2.05) is 36.4 Å². The van der Waals surface area contributed by atoms with E-state index in [1.54, 1.807) is 12.3 Å². The van der Waals surface area contributed by atoms with Gasteiger partial charge in [-0.05, 0) is 35.9 Å². The van der Waals surface area contributed by atoms with E-state index in [4.69, 9.17) is 0 Å². The van der Waals surface area contributed by atoms with E-state index < -0.39 is 0 Å². The maximum atomic E-state index is 13.1. The second-order valence-corrected chi connectivity index (χ2v) is 4.35. The second-order valence-electron chi connectivity index (χ2n) is 4.35. The molecule has 3 rings (SSSR count). The first-order valence-corrected chi connectivity index (χ1v) is 6.15. The molecule has 3 aromatic rings. The minimum Gasteiger partial charge on any atom is -0.381 e. The van der Waals surface area contributed by atoms with Gasteiger partial charge in [-0.25, -0.2) is 4.39 Å². The van der Waals surface area contributed by atoms with Crippen molar-refractivity contribution in [2.75, 3.05) is 5.32 Å². The highest BCUT2D eigenvalue weighted by Crippen LogP contribution is 2.18. The van der Waals surface area contributed by atoms with Crippen LogP contribution >= 0.6 is 0 Å². The average Bonchev–Trinajstić information content (AvgIpc) is 2.45. The maximum absolute atomic E-state index is 13.1. The number of nitrogens with one attached hydrogen (secondary N) is 1. The molecule has 0 aliphatic heterocycles. The van der Waals surface area contributed by atoms with Crippen molar-refractivity contribution < 1.29 is 4.39 Å². The Kier molecular flexibility index (Phi) is 3.11. The van der Waals surface area contributed by atoms with Gasteiger partial charge in [0.15, 0.2) is 0 Å². The van der Waals surface area contributed by atoms with E-state index in [0.29, 0.717) is 6.54 Å². The SMILES string of the molecule is Fc1cccc(NCc2ccnc3ccccc23)c1. The molecule has 1 N–H and O–H groups in total. The van der Waals surface area contributed by atoms with Crippen LogP contribution in [0.5, 0.6) is 0 Å². The van der Waals surface area contributed by atoms with Gasteiger partial charge in [0.05, 0.1) is 5.52 Å². The minimum atomic E-state index is -0.232. The van der Waals surface area contributed by atoms with Crippen LogP contribution < -0.4 is 5.32 Å². The number of fused-ring (bicyclic) bond motifs is 1. The molecule has 2 nitrogen and oxygen atoms in total. The Balaban J connectivity index is 1.86. The van der Waals surface area contributed by atoms with Crippen LogP contribution in [0.15, 0.2) is 60.8 Å². The van der Waals surface area contributed by atoms with Gasteiger partial charge in [0.25, 0.3) is 0 Å². The van der Waals surface area contributed by atoms with Gasteiger partial charge in [-0.2, -0.15) is 0 Å². The highest BCUT2D eigenvalue weighted by atomic mass is 19.1. The van der Waals surface area contributed by atoms with Gasteiger partial charge in [-0.3, -0.25) is 4.98 Å². The van der Waals surface area contributed by atoms with Crippen molar-refractivity contribution in [2.45, 2.75) is 6.54 Å². The van der Waals surface area contributed by atoms with Crippen LogP contribution in [0.25, 0.3) is 10.9 Å². The summed E-state index contributed by atoms with van der Waals surface area (Å²) < 4.78 is 13.1. The predicted molar refractivity (Wildman–Crippen MR) is 75.5 cm³/mol. The fourth-order valence-electron chi connectivity index (χ4n) is 2.10. The molecule has 0 atom stereocenters. The molecule has 0 aliphatic carbocycles. The second kappa shape index (κ2) is 5.06. The van der Waals surface area contributed by atoms with E-state index in [1.165, 1.54) is 12.1 Å². The fraction of sp³-hybridized carbons (Fsp3) is 0.0625. The van der Waals surface area contributed by atoms with Crippen molar-refractivity contribution in [2.24, 2.45) is 0 Å². The van der Waals surface area contributed by atoms with E-state index in [-0.39, 0.29) is 5.82 Å². The lowest BCUT2D eigenvalue weighted by Crippen LogP contribution is -2.00. The molecule has 1 aromatic heterocycles. The van der Waals surface area contributed by atoms with E-state index in [0.717, 1.165) is 22.2 Å². The largest absolute Gasteiger partial charge is 0.381 e. The summed E-state index contributed by atoms with van der Waals surface area (Å²) in [6.45, 7) is 0.645. The molecule has 0 fully saturated rings. The number of rotatable bonds is 3. The van der Waals surface area contributed by atoms with E-state index in [9.17, 15) is 4.39 Å². The molecular formula is C16H13FN2. The van der Waals surface area contributed by atoms with E-state index in [2.05, 4.69) is 10.3 Å². The number of halogens is 1. The number of aromatic nitrogens is 1. The molecule has 0 unspecified atom stereocenters. The number of hydrogen-bond acceptors (Lipinski definition) is 2. The summed E-state index contributed by atoms with van der Waals surface area (Å²) in [4.78, 5) is 4.32. The number of nitrogens with zero attached hydrogens (tertiary/aromatic N) is 1. The molecule has 1 heterocycles. The van der Waals surface area contributed by atoms with Crippen LogP contribution in [-0.4, -0.2) is 4.98 Å². The lowest BCUT2D eigenvalue weighted by Gasteiger charge is -2.09. The standard InChI is InChI=1S/C16H13FN2/c17-13-4-3-5-14(10-13)19-11-12-8-9-18-16-7-2-1-6-15(12)16/h1-10,19H,11H2. The normalized spacial score (nSPS) is 10.6. The Morgan fingerprint density at radius 2 is 1.89 bits per heavy atom. The van der Waals surface area contributed by atoms with Crippen LogP contribution in [0, 0.1) is 5.82 Å². The Morgan fingerprint density at radius 1 is 1.00 bits per heavy atom. The lowest BCUT2D eigenvalue weighted by molar-refractivity contribution is 0.628. The van der Waals surface area contributed by atoms with Crippen molar-refractivity contribution in [3.63, 3.8) is 0 Å². The summed E-state index contributed by atoms with van der Waals surface area (Å²) in [5, 5.41) is 4.35. The number of pyridine rings is 1. The summed E-state index contributed by atoms with van der Waals surface area (Å²) >= 11 is 0. The molecule has 0 saturated carbocycles. The zero-order chi connectivity index (χ0) is 13.1. The van der Waals surface area contributed by atoms with Crippen LogP contribution in [0.1, 0.15) is 5.56 Å². The summed E-state index contributed by atoms with van der Waals surface area (Å²) in [6, 6.07) is 16.5. The first-order chi connectivity index (χ1) is 9.33. The summed E-state index contributed by atoms with van der Waals surface area (Å²) in [5.74, 6) is -0.232. The Morgan fingerprint density at radius 3 is 2.79 bits per heavy atom. The van der Waals surface area contributed by atoms with Gasteiger partial charge in [0.1, 0.15) is 5.82 Å². The number of hydrogen-bond donors (Lipinski definition) is 1. The third kappa shape index (κ3) is 2.55. The predicted octanol–water partition coefficient (Wildman–Crippen LogP) is 3.99. The molecule has 94 valence electrons. The highest BCUT2D eigenvalue weighted by molar-refractivity contribution is 5.82. The van der Waals surface area contributed by atoms with Crippen LogP contribution in [0.3, 0.4) is 0 Å². The zero-order valence-electron chi connectivity index (χ0n) is 10.3. The monoisotopic (exact) mass is 252 g/mol. The Hall–Kier alpha value is -2.42. The highest BCUT2D eigenvalue weighted by Gasteiger charge is 2.01. The van der Waals surface area contributed by atoms with Gasteiger partial charge < -0.3 is 5.32 Å². The summed E-state index contributed by atoms with van der Waals surface area (Å²) in [7, 11) is 0. The summed E-state index contributed by atoms with van der Waals surface area (Å²) in [6.07, 6.45) is 1.80. The number of anilines is 1. The van der Waals surface area contributed by atoms with Crippen molar-refractivity contribution in [3.05, 3.63) is 72.2 Å². The quantitative estimate of drug-likeness (QED) is 0.762. The Bertz CT molecular complexity index is 704. The average molecular weight is 252 g/mol. The molecular weight excluding hydrogens is 239 g/mol. The molecule has 0 aliphatic rings. The van der Waals surface area contributed by atoms with Crippen LogP contribution in [-0.2, 0) is 6.54 Å². The van der Waals surface area contributed by atoms with Crippen molar-refractivity contribution in [3.8, 4) is 0 Å². The van der Waals surface area contributed by atoms with Gasteiger partial charge >= 0.3 is 0 Å². The molecule has 0 bridgehead atoms. The molecule has 2 aromatic carbocycles. The fourth-order valence-corrected chi connectivity index (χ4v) is 2.10. The minimum absolute atomic E-state index is 0.232. The van der Waals surface area contributed by atoms with Gasteiger partial charge in [0.2, 0.25) is 0 Å². The van der Waals surface area contributed by atoms with Crippen molar-refractivity contribution >= 4 is 16.6 Å². The van der Waals surface area contributed by atoms with Crippen LogP contribution in [0.4, 0.5) is 10.1 Å². The van der Waals surface area contributed by atoms with Gasteiger partial charge in [0, 0.05) is 23.8 Å². The smallest absolute Gasteiger partial charge is 0.125 e. The maximum Gasteiger partial charge on any atom is 0.125 e. The van der Waals surface area contributed by atoms with Crippen molar-refractivity contribution in [1.82, 2.24) is 4.98 Å². The number of benzene rings is 2. The third-order valence-electron chi connectivity index (χ3n) is 3.05.